The maximum absolute atomic E-state index is 12.7. The number of esters is 1. The van der Waals surface area contributed by atoms with E-state index in [1.807, 2.05) is 6.92 Å². The first kappa shape index (κ1) is 15.4. The Balaban J connectivity index is 2.44. The number of morpholine rings is 1. The van der Waals surface area contributed by atoms with Gasteiger partial charge in [0, 0.05) is 13.1 Å². The highest BCUT2D eigenvalue weighted by atomic mass is 32.2. The Morgan fingerprint density at radius 3 is 2.85 bits per heavy atom. The number of methoxy groups -OCH3 is 1. The largest absolute Gasteiger partial charge is 0.465 e. The number of aryl methyl sites for hydroxylation is 1. The van der Waals surface area contributed by atoms with Crippen molar-refractivity contribution >= 4 is 27.3 Å². The maximum atomic E-state index is 12.7. The lowest BCUT2D eigenvalue weighted by Gasteiger charge is -2.30. The van der Waals surface area contributed by atoms with Crippen molar-refractivity contribution in [2.45, 2.75) is 24.8 Å². The molecule has 20 heavy (non-hydrogen) atoms. The van der Waals surface area contributed by atoms with E-state index in [1.165, 1.54) is 11.4 Å². The molecule has 1 fully saturated rings. The predicted octanol–water partition coefficient (Wildman–Crippen LogP) is 1.25. The summed E-state index contributed by atoms with van der Waals surface area (Å²) in [5, 5.41) is 1.66. The Morgan fingerprint density at radius 2 is 2.25 bits per heavy atom. The summed E-state index contributed by atoms with van der Waals surface area (Å²) in [5.74, 6) is -0.622. The molecule has 0 N–H and O–H groups in total. The predicted molar refractivity (Wildman–Crippen MR) is 74.6 cm³/mol. The molecular formula is C12H17NO5S2. The van der Waals surface area contributed by atoms with Crippen LogP contribution in [0.5, 0.6) is 0 Å². The van der Waals surface area contributed by atoms with Crippen LogP contribution in [-0.4, -0.2) is 51.6 Å². The summed E-state index contributed by atoms with van der Waals surface area (Å²) in [4.78, 5) is 11.9. The fourth-order valence-electron chi connectivity index (χ4n) is 2.12. The number of hydrogen-bond donors (Lipinski definition) is 0. The van der Waals surface area contributed by atoms with E-state index in [0.717, 1.165) is 11.3 Å². The molecule has 0 radical (unpaired) electrons. The highest BCUT2D eigenvalue weighted by Gasteiger charge is 2.34. The Kier molecular flexibility index (Phi) is 4.48. The zero-order chi connectivity index (χ0) is 14.9. The van der Waals surface area contributed by atoms with Crippen molar-refractivity contribution in [2.75, 3.05) is 26.8 Å². The van der Waals surface area contributed by atoms with E-state index < -0.39 is 16.0 Å². The third kappa shape index (κ3) is 2.73. The summed E-state index contributed by atoms with van der Waals surface area (Å²) in [6, 6.07) is 0. The second-order valence-electron chi connectivity index (χ2n) is 4.61. The van der Waals surface area contributed by atoms with Crippen LogP contribution in [0, 0.1) is 6.92 Å². The van der Waals surface area contributed by atoms with Crippen LogP contribution >= 0.6 is 11.3 Å². The molecule has 0 aliphatic carbocycles. The standard InChI is InChI=1S/C12H17NO5S2/c1-8-7-19-10(12(14)17-3)11(8)20(15,16)13-4-5-18-9(2)6-13/h7,9H,4-6H2,1-3H3. The first-order valence-corrected chi connectivity index (χ1v) is 8.48. The summed E-state index contributed by atoms with van der Waals surface area (Å²) in [6.45, 7) is 4.45. The quantitative estimate of drug-likeness (QED) is 0.784. The van der Waals surface area contributed by atoms with Crippen LogP contribution in [0.4, 0.5) is 0 Å². The lowest BCUT2D eigenvalue weighted by Crippen LogP contribution is -2.44. The molecule has 8 heteroatoms. The van der Waals surface area contributed by atoms with Gasteiger partial charge in [0.25, 0.3) is 0 Å². The van der Waals surface area contributed by atoms with Crippen molar-refractivity contribution in [2.24, 2.45) is 0 Å². The molecule has 0 amide bonds. The Labute approximate surface area is 122 Å². The maximum Gasteiger partial charge on any atom is 0.349 e. The number of sulfonamides is 1. The Morgan fingerprint density at radius 1 is 1.55 bits per heavy atom. The van der Waals surface area contributed by atoms with E-state index in [4.69, 9.17) is 4.74 Å². The number of nitrogens with zero attached hydrogens (tertiary/aromatic N) is 1. The lowest BCUT2D eigenvalue weighted by molar-refractivity contribution is 0.0101. The zero-order valence-electron chi connectivity index (χ0n) is 11.6. The molecule has 1 unspecified atom stereocenters. The van der Waals surface area contributed by atoms with E-state index in [0.29, 0.717) is 18.7 Å². The molecular weight excluding hydrogens is 302 g/mol. The van der Waals surface area contributed by atoms with E-state index in [1.54, 1.807) is 12.3 Å². The molecule has 2 rings (SSSR count). The first-order valence-electron chi connectivity index (χ1n) is 6.16. The molecule has 6 nitrogen and oxygen atoms in total. The summed E-state index contributed by atoms with van der Waals surface area (Å²) in [5.41, 5.74) is 0.564. The highest BCUT2D eigenvalue weighted by Crippen LogP contribution is 2.30. The van der Waals surface area contributed by atoms with Gasteiger partial charge >= 0.3 is 5.97 Å². The third-order valence-electron chi connectivity index (χ3n) is 3.09. The van der Waals surface area contributed by atoms with Gasteiger partial charge in [0.1, 0.15) is 9.77 Å². The SMILES string of the molecule is COC(=O)c1scc(C)c1S(=O)(=O)N1CCOC(C)C1. The number of rotatable bonds is 3. The van der Waals surface area contributed by atoms with E-state index in [9.17, 15) is 13.2 Å². The molecule has 1 aromatic heterocycles. The monoisotopic (exact) mass is 319 g/mol. The molecule has 1 saturated heterocycles. The summed E-state index contributed by atoms with van der Waals surface area (Å²) >= 11 is 1.09. The van der Waals surface area contributed by atoms with Gasteiger partial charge in [-0.05, 0) is 24.8 Å². The second kappa shape index (κ2) is 5.80. The van der Waals surface area contributed by atoms with Crippen LogP contribution in [0.3, 0.4) is 0 Å². The fraction of sp³-hybridized carbons (Fsp3) is 0.583. The van der Waals surface area contributed by atoms with Crippen LogP contribution < -0.4 is 0 Å². The van der Waals surface area contributed by atoms with Gasteiger partial charge in [0.15, 0.2) is 0 Å². The Bertz CT molecular complexity index is 607. The normalized spacial score (nSPS) is 20.9. The van der Waals surface area contributed by atoms with Crippen LogP contribution in [0.2, 0.25) is 0 Å². The van der Waals surface area contributed by atoms with Crippen LogP contribution in [-0.2, 0) is 19.5 Å². The minimum Gasteiger partial charge on any atom is -0.465 e. The molecule has 0 aromatic carbocycles. The molecule has 0 bridgehead atoms. The van der Waals surface area contributed by atoms with Crippen LogP contribution in [0.1, 0.15) is 22.2 Å². The van der Waals surface area contributed by atoms with Gasteiger partial charge in [0.05, 0.1) is 19.8 Å². The van der Waals surface area contributed by atoms with Gasteiger partial charge in [-0.1, -0.05) is 0 Å². The van der Waals surface area contributed by atoms with Gasteiger partial charge in [-0.15, -0.1) is 11.3 Å². The molecule has 0 spiro atoms. The molecule has 1 aliphatic heterocycles. The number of thiophene rings is 1. The van der Waals surface area contributed by atoms with Crippen molar-refractivity contribution in [1.29, 1.82) is 0 Å². The molecule has 2 heterocycles. The minimum atomic E-state index is -3.71. The van der Waals surface area contributed by atoms with Gasteiger partial charge in [-0.3, -0.25) is 0 Å². The van der Waals surface area contributed by atoms with Crippen molar-refractivity contribution in [1.82, 2.24) is 4.31 Å². The number of ether oxygens (including phenoxy) is 2. The van der Waals surface area contributed by atoms with Gasteiger partial charge < -0.3 is 9.47 Å². The molecule has 1 aliphatic rings. The van der Waals surface area contributed by atoms with Crippen molar-refractivity contribution in [3.8, 4) is 0 Å². The van der Waals surface area contributed by atoms with E-state index in [-0.39, 0.29) is 22.4 Å². The van der Waals surface area contributed by atoms with Crippen LogP contribution in [0.15, 0.2) is 10.3 Å². The molecule has 1 atom stereocenters. The third-order valence-corrected chi connectivity index (χ3v) is 6.35. The highest BCUT2D eigenvalue weighted by molar-refractivity contribution is 7.89. The van der Waals surface area contributed by atoms with Crippen molar-refractivity contribution in [3.63, 3.8) is 0 Å². The number of carbonyl (C=O) groups excluding carboxylic acids is 1. The van der Waals surface area contributed by atoms with E-state index >= 15 is 0 Å². The smallest absolute Gasteiger partial charge is 0.349 e. The second-order valence-corrected chi connectivity index (χ2v) is 7.37. The summed E-state index contributed by atoms with van der Waals surface area (Å²) in [7, 11) is -2.46. The molecule has 1 aromatic rings. The topological polar surface area (TPSA) is 72.9 Å². The molecule has 0 saturated carbocycles. The summed E-state index contributed by atoms with van der Waals surface area (Å²) in [6.07, 6.45) is -0.154. The Hall–Kier alpha value is -0.960. The minimum absolute atomic E-state index is 0.0588. The zero-order valence-corrected chi connectivity index (χ0v) is 13.2. The fourth-order valence-corrected chi connectivity index (χ4v) is 5.28. The van der Waals surface area contributed by atoms with Crippen molar-refractivity contribution in [3.05, 3.63) is 15.8 Å². The average molecular weight is 319 g/mol. The number of hydrogen-bond acceptors (Lipinski definition) is 6. The first-order chi connectivity index (χ1) is 9.37. The summed E-state index contributed by atoms with van der Waals surface area (Å²) < 4.78 is 36.8. The molecule has 112 valence electrons. The average Bonchev–Trinajstić information content (AvgIpc) is 2.80. The van der Waals surface area contributed by atoms with E-state index in [2.05, 4.69) is 4.74 Å². The van der Waals surface area contributed by atoms with Gasteiger partial charge in [0.2, 0.25) is 10.0 Å². The number of carbonyl (C=O) groups is 1. The van der Waals surface area contributed by atoms with Crippen LogP contribution in [0.25, 0.3) is 0 Å². The van der Waals surface area contributed by atoms with Gasteiger partial charge in [-0.2, -0.15) is 4.31 Å². The van der Waals surface area contributed by atoms with Gasteiger partial charge in [-0.25, -0.2) is 13.2 Å². The lowest BCUT2D eigenvalue weighted by atomic mass is 10.3. The van der Waals surface area contributed by atoms with Crippen molar-refractivity contribution < 1.29 is 22.7 Å².